The van der Waals surface area contributed by atoms with Crippen LogP contribution in [0.25, 0.3) is 0 Å². The Kier molecular flexibility index (Phi) is 3.16. The summed E-state index contributed by atoms with van der Waals surface area (Å²) in [7, 11) is 0. The average molecular weight is 237 g/mol. The van der Waals surface area contributed by atoms with Gasteiger partial charge in [-0.25, -0.2) is 0 Å². The maximum atomic E-state index is 2.54. The van der Waals surface area contributed by atoms with Gasteiger partial charge in [0.2, 0.25) is 0 Å². The van der Waals surface area contributed by atoms with E-state index in [1.54, 1.807) is 0 Å². The second-order valence-electron chi connectivity index (χ2n) is 5.22. The van der Waals surface area contributed by atoms with E-state index in [1.165, 1.54) is 35.2 Å². The normalized spacial score (nSPS) is 15.4. The fourth-order valence-electron chi connectivity index (χ4n) is 2.76. The number of benzene rings is 2. The van der Waals surface area contributed by atoms with E-state index in [1.807, 2.05) is 0 Å². The lowest BCUT2D eigenvalue weighted by Gasteiger charge is -2.28. The van der Waals surface area contributed by atoms with Crippen molar-refractivity contribution in [2.45, 2.75) is 26.4 Å². The molecule has 1 aliphatic rings. The highest BCUT2D eigenvalue weighted by molar-refractivity contribution is 5.29. The van der Waals surface area contributed by atoms with Crippen LogP contribution in [0.1, 0.15) is 22.3 Å². The number of aryl methyl sites for hydroxylation is 1. The molecule has 0 aromatic heterocycles. The van der Waals surface area contributed by atoms with Crippen LogP contribution in [0, 0.1) is 6.92 Å². The van der Waals surface area contributed by atoms with Crippen molar-refractivity contribution in [1.29, 1.82) is 0 Å². The largest absolute Gasteiger partial charge is 0.294 e. The third kappa shape index (κ3) is 2.46. The minimum atomic E-state index is 1.07. The molecule has 2 aromatic carbocycles. The van der Waals surface area contributed by atoms with Gasteiger partial charge in [0.1, 0.15) is 0 Å². The highest BCUT2D eigenvalue weighted by Gasteiger charge is 2.15. The first-order valence-electron chi connectivity index (χ1n) is 6.66. The zero-order valence-corrected chi connectivity index (χ0v) is 10.9. The first-order valence-corrected chi connectivity index (χ1v) is 6.66. The van der Waals surface area contributed by atoms with Crippen LogP contribution in [0.2, 0.25) is 0 Å². The van der Waals surface area contributed by atoms with Gasteiger partial charge >= 0.3 is 0 Å². The van der Waals surface area contributed by atoms with Crippen LogP contribution in [0.3, 0.4) is 0 Å². The van der Waals surface area contributed by atoms with E-state index >= 15 is 0 Å². The summed E-state index contributed by atoms with van der Waals surface area (Å²) in [5, 5.41) is 0. The van der Waals surface area contributed by atoms with Crippen LogP contribution in [0.4, 0.5) is 0 Å². The van der Waals surface area contributed by atoms with Crippen molar-refractivity contribution in [3.05, 3.63) is 70.8 Å². The Morgan fingerprint density at radius 1 is 1.00 bits per heavy atom. The molecule has 0 saturated heterocycles. The SMILES string of the molecule is Cc1cccc(CN2CCc3ccccc3C2)c1. The van der Waals surface area contributed by atoms with Gasteiger partial charge in [0.05, 0.1) is 0 Å². The quantitative estimate of drug-likeness (QED) is 0.772. The van der Waals surface area contributed by atoms with Crippen molar-refractivity contribution in [1.82, 2.24) is 4.90 Å². The molecule has 3 rings (SSSR count). The summed E-state index contributed by atoms with van der Waals surface area (Å²) in [6.07, 6.45) is 1.18. The Bertz CT molecular complexity index is 545. The van der Waals surface area contributed by atoms with E-state index in [9.17, 15) is 0 Å². The maximum absolute atomic E-state index is 2.54. The van der Waals surface area contributed by atoms with Crippen molar-refractivity contribution < 1.29 is 0 Å². The van der Waals surface area contributed by atoms with E-state index in [4.69, 9.17) is 0 Å². The topological polar surface area (TPSA) is 3.24 Å². The number of nitrogens with zero attached hydrogens (tertiary/aromatic N) is 1. The van der Waals surface area contributed by atoms with Gasteiger partial charge in [-0.15, -0.1) is 0 Å². The van der Waals surface area contributed by atoms with E-state index in [-0.39, 0.29) is 0 Å². The smallest absolute Gasteiger partial charge is 0.0240 e. The van der Waals surface area contributed by atoms with Crippen LogP contribution in [0.15, 0.2) is 48.5 Å². The summed E-state index contributed by atoms with van der Waals surface area (Å²) in [6.45, 7) is 5.49. The molecule has 0 spiro atoms. The Balaban J connectivity index is 1.73. The zero-order valence-electron chi connectivity index (χ0n) is 10.9. The lowest BCUT2D eigenvalue weighted by atomic mass is 9.99. The van der Waals surface area contributed by atoms with Crippen molar-refractivity contribution in [2.24, 2.45) is 0 Å². The van der Waals surface area contributed by atoms with Crippen molar-refractivity contribution in [2.75, 3.05) is 6.54 Å². The maximum Gasteiger partial charge on any atom is 0.0240 e. The second kappa shape index (κ2) is 4.95. The second-order valence-corrected chi connectivity index (χ2v) is 5.22. The minimum Gasteiger partial charge on any atom is -0.294 e. The van der Waals surface area contributed by atoms with E-state index in [0.29, 0.717) is 0 Å². The summed E-state index contributed by atoms with van der Waals surface area (Å²) < 4.78 is 0. The molecule has 0 atom stereocenters. The van der Waals surface area contributed by atoms with Crippen LogP contribution in [-0.4, -0.2) is 11.4 Å². The van der Waals surface area contributed by atoms with Gasteiger partial charge in [-0.3, -0.25) is 4.90 Å². The highest BCUT2D eigenvalue weighted by Crippen LogP contribution is 2.20. The Morgan fingerprint density at radius 2 is 1.83 bits per heavy atom. The molecule has 2 aromatic rings. The molecule has 1 heterocycles. The number of fused-ring (bicyclic) bond motifs is 1. The number of hydrogen-bond donors (Lipinski definition) is 0. The predicted molar refractivity (Wildman–Crippen MR) is 75.4 cm³/mol. The van der Waals surface area contributed by atoms with Crippen LogP contribution < -0.4 is 0 Å². The van der Waals surface area contributed by atoms with Crippen molar-refractivity contribution in [3.8, 4) is 0 Å². The highest BCUT2D eigenvalue weighted by atomic mass is 15.1. The molecule has 0 unspecified atom stereocenters. The van der Waals surface area contributed by atoms with Gasteiger partial charge in [-0.2, -0.15) is 0 Å². The molecule has 1 heteroatoms. The van der Waals surface area contributed by atoms with Gasteiger partial charge in [0.15, 0.2) is 0 Å². The molecule has 0 aliphatic carbocycles. The lowest BCUT2D eigenvalue weighted by Crippen LogP contribution is -2.29. The standard InChI is InChI=1S/C17H19N/c1-14-5-4-6-15(11-14)12-18-10-9-16-7-2-3-8-17(16)13-18/h2-8,11H,9-10,12-13H2,1H3. The van der Waals surface area contributed by atoms with E-state index in [0.717, 1.165) is 13.1 Å². The Morgan fingerprint density at radius 3 is 2.67 bits per heavy atom. The molecule has 0 bridgehead atoms. The first kappa shape index (κ1) is 11.5. The molecular weight excluding hydrogens is 218 g/mol. The van der Waals surface area contributed by atoms with Gasteiger partial charge in [-0.1, -0.05) is 54.1 Å². The third-order valence-corrected chi connectivity index (χ3v) is 3.70. The summed E-state index contributed by atoms with van der Waals surface area (Å²) in [5.41, 5.74) is 5.80. The third-order valence-electron chi connectivity index (χ3n) is 3.70. The molecule has 92 valence electrons. The van der Waals surface area contributed by atoms with Crippen LogP contribution >= 0.6 is 0 Å². The fraction of sp³-hybridized carbons (Fsp3) is 0.294. The molecule has 1 nitrogen and oxygen atoms in total. The lowest BCUT2D eigenvalue weighted by molar-refractivity contribution is 0.245. The van der Waals surface area contributed by atoms with Crippen molar-refractivity contribution in [3.63, 3.8) is 0 Å². The first-order chi connectivity index (χ1) is 8.81. The van der Waals surface area contributed by atoms with Gasteiger partial charge < -0.3 is 0 Å². The Labute approximate surface area is 109 Å². The molecule has 0 amide bonds. The van der Waals surface area contributed by atoms with Gasteiger partial charge in [0, 0.05) is 19.6 Å². The molecule has 0 fully saturated rings. The Hall–Kier alpha value is -1.60. The molecule has 18 heavy (non-hydrogen) atoms. The summed E-state index contributed by atoms with van der Waals surface area (Å²) in [4.78, 5) is 2.54. The monoisotopic (exact) mass is 237 g/mol. The van der Waals surface area contributed by atoms with E-state index < -0.39 is 0 Å². The molecule has 0 N–H and O–H groups in total. The van der Waals surface area contributed by atoms with Crippen LogP contribution in [-0.2, 0) is 19.5 Å². The molecule has 0 radical (unpaired) electrons. The van der Waals surface area contributed by atoms with Crippen LogP contribution in [0.5, 0.6) is 0 Å². The van der Waals surface area contributed by atoms with E-state index in [2.05, 4.69) is 60.4 Å². The van der Waals surface area contributed by atoms with Gasteiger partial charge in [0.25, 0.3) is 0 Å². The predicted octanol–water partition coefficient (Wildman–Crippen LogP) is 3.55. The van der Waals surface area contributed by atoms with Gasteiger partial charge in [-0.05, 0) is 30.0 Å². The minimum absolute atomic E-state index is 1.07. The summed E-state index contributed by atoms with van der Waals surface area (Å²) in [6, 6.07) is 17.7. The number of hydrogen-bond acceptors (Lipinski definition) is 1. The molecule has 1 aliphatic heterocycles. The molecular formula is C17H19N. The average Bonchev–Trinajstić information content (AvgIpc) is 2.39. The van der Waals surface area contributed by atoms with Crippen molar-refractivity contribution >= 4 is 0 Å². The summed E-state index contributed by atoms with van der Waals surface area (Å²) >= 11 is 0. The zero-order chi connectivity index (χ0) is 12.4. The molecule has 0 saturated carbocycles. The summed E-state index contributed by atoms with van der Waals surface area (Å²) in [5.74, 6) is 0. The fourth-order valence-corrected chi connectivity index (χ4v) is 2.76. The number of rotatable bonds is 2.